The van der Waals surface area contributed by atoms with Gasteiger partial charge >= 0.3 is 0 Å². The summed E-state index contributed by atoms with van der Waals surface area (Å²) >= 11 is 6.10. The van der Waals surface area contributed by atoms with Gasteiger partial charge in [0.15, 0.2) is 11.6 Å². The second-order valence-corrected chi connectivity index (χ2v) is 4.76. The standard InChI is InChI=1S/C15H14ClF2NO/c1-9(19-2)10-6-7-13(11(16)8-10)20-14-5-3-4-12(17)15(14)18/h3-9,19H,1-2H3. The highest BCUT2D eigenvalue weighted by atomic mass is 35.5. The Labute approximate surface area is 121 Å². The molecule has 0 aromatic heterocycles. The fourth-order valence-corrected chi connectivity index (χ4v) is 1.94. The molecule has 2 aromatic rings. The van der Waals surface area contributed by atoms with E-state index in [9.17, 15) is 8.78 Å². The first-order chi connectivity index (χ1) is 9.52. The van der Waals surface area contributed by atoms with Crippen LogP contribution in [0.2, 0.25) is 5.02 Å². The molecule has 0 heterocycles. The Morgan fingerprint density at radius 3 is 2.55 bits per heavy atom. The molecule has 5 heteroatoms. The third kappa shape index (κ3) is 3.08. The van der Waals surface area contributed by atoms with Crippen molar-refractivity contribution in [3.8, 4) is 11.5 Å². The molecular formula is C15H14ClF2NO. The van der Waals surface area contributed by atoms with Crippen molar-refractivity contribution in [2.75, 3.05) is 7.05 Å². The van der Waals surface area contributed by atoms with Gasteiger partial charge in [-0.05, 0) is 43.8 Å². The lowest BCUT2D eigenvalue weighted by Crippen LogP contribution is -2.12. The number of halogens is 3. The summed E-state index contributed by atoms with van der Waals surface area (Å²) < 4.78 is 32.0. The molecule has 1 atom stereocenters. The molecule has 2 aromatic carbocycles. The number of hydrogen-bond donors (Lipinski definition) is 1. The van der Waals surface area contributed by atoms with E-state index in [0.717, 1.165) is 11.6 Å². The zero-order chi connectivity index (χ0) is 14.7. The Morgan fingerprint density at radius 2 is 1.90 bits per heavy atom. The van der Waals surface area contributed by atoms with Crippen LogP contribution in [0.1, 0.15) is 18.5 Å². The number of nitrogens with one attached hydrogen (secondary N) is 1. The maximum atomic E-state index is 13.5. The van der Waals surface area contributed by atoms with Gasteiger partial charge in [-0.3, -0.25) is 0 Å². The normalized spacial score (nSPS) is 12.2. The van der Waals surface area contributed by atoms with Gasteiger partial charge in [-0.1, -0.05) is 23.7 Å². The highest BCUT2D eigenvalue weighted by Crippen LogP contribution is 2.33. The summed E-state index contributed by atoms with van der Waals surface area (Å²) in [6.45, 7) is 1.98. The Hall–Kier alpha value is -1.65. The molecule has 1 N–H and O–H groups in total. The molecule has 2 rings (SSSR count). The molecule has 0 aliphatic heterocycles. The molecule has 1 unspecified atom stereocenters. The Morgan fingerprint density at radius 1 is 1.15 bits per heavy atom. The van der Waals surface area contributed by atoms with E-state index in [0.29, 0.717) is 5.02 Å². The fourth-order valence-electron chi connectivity index (χ4n) is 1.72. The topological polar surface area (TPSA) is 21.3 Å². The minimum atomic E-state index is -1.03. The van der Waals surface area contributed by atoms with Crippen molar-refractivity contribution < 1.29 is 13.5 Å². The first-order valence-corrected chi connectivity index (χ1v) is 6.49. The molecule has 0 saturated carbocycles. The number of benzene rings is 2. The Kier molecular flexibility index (Phi) is 4.57. The van der Waals surface area contributed by atoms with Gasteiger partial charge in [-0.15, -0.1) is 0 Å². The largest absolute Gasteiger partial charge is 0.453 e. The molecular weight excluding hydrogens is 284 g/mol. The van der Waals surface area contributed by atoms with Crippen molar-refractivity contribution in [2.24, 2.45) is 0 Å². The zero-order valence-corrected chi connectivity index (χ0v) is 11.8. The van der Waals surface area contributed by atoms with Crippen LogP contribution >= 0.6 is 11.6 Å². The highest BCUT2D eigenvalue weighted by Gasteiger charge is 2.12. The third-order valence-corrected chi connectivity index (χ3v) is 3.32. The van der Waals surface area contributed by atoms with E-state index < -0.39 is 11.6 Å². The lowest BCUT2D eigenvalue weighted by Gasteiger charge is -2.13. The molecule has 0 spiro atoms. The van der Waals surface area contributed by atoms with Crippen LogP contribution in [0.5, 0.6) is 11.5 Å². The average Bonchev–Trinajstić information content (AvgIpc) is 2.45. The fraction of sp³-hybridized carbons (Fsp3) is 0.200. The van der Waals surface area contributed by atoms with Crippen LogP contribution in [0, 0.1) is 11.6 Å². The molecule has 2 nitrogen and oxygen atoms in total. The van der Waals surface area contributed by atoms with Gasteiger partial charge in [-0.2, -0.15) is 4.39 Å². The molecule has 0 aliphatic carbocycles. The summed E-state index contributed by atoms with van der Waals surface area (Å²) in [4.78, 5) is 0. The summed E-state index contributed by atoms with van der Waals surface area (Å²) in [5, 5.41) is 3.43. The predicted molar refractivity (Wildman–Crippen MR) is 75.4 cm³/mol. The van der Waals surface area contributed by atoms with Crippen LogP contribution in [0.25, 0.3) is 0 Å². The van der Waals surface area contributed by atoms with Gasteiger partial charge in [0.25, 0.3) is 0 Å². The van der Waals surface area contributed by atoms with Crippen molar-refractivity contribution in [1.82, 2.24) is 5.32 Å². The maximum Gasteiger partial charge on any atom is 0.201 e. The number of hydrogen-bond acceptors (Lipinski definition) is 2. The van der Waals surface area contributed by atoms with Crippen LogP contribution in [0.3, 0.4) is 0 Å². The van der Waals surface area contributed by atoms with Gasteiger partial charge in [0.2, 0.25) is 5.82 Å². The third-order valence-electron chi connectivity index (χ3n) is 3.03. The average molecular weight is 298 g/mol. The van der Waals surface area contributed by atoms with Crippen LogP contribution in [-0.4, -0.2) is 7.05 Å². The smallest absolute Gasteiger partial charge is 0.201 e. The molecule has 0 saturated heterocycles. The van der Waals surface area contributed by atoms with E-state index in [1.54, 1.807) is 12.1 Å². The molecule has 0 radical (unpaired) electrons. The van der Waals surface area contributed by atoms with E-state index in [2.05, 4.69) is 5.32 Å². The SMILES string of the molecule is CNC(C)c1ccc(Oc2cccc(F)c2F)c(Cl)c1. The second kappa shape index (κ2) is 6.20. The van der Waals surface area contributed by atoms with Crippen LogP contribution in [0.15, 0.2) is 36.4 Å². The predicted octanol–water partition coefficient (Wildman–Crippen LogP) is 4.69. The molecule has 0 bridgehead atoms. The Bertz CT molecular complexity index is 619. The monoisotopic (exact) mass is 297 g/mol. The van der Waals surface area contributed by atoms with E-state index >= 15 is 0 Å². The Balaban J connectivity index is 2.28. The zero-order valence-electron chi connectivity index (χ0n) is 11.1. The maximum absolute atomic E-state index is 13.5. The van der Waals surface area contributed by atoms with Gasteiger partial charge in [-0.25, -0.2) is 4.39 Å². The van der Waals surface area contributed by atoms with E-state index in [4.69, 9.17) is 16.3 Å². The summed E-state index contributed by atoms with van der Waals surface area (Å²) in [5.74, 6) is -1.90. The molecule has 0 fully saturated rings. The van der Waals surface area contributed by atoms with Crippen LogP contribution < -0.4 is 10.1 Å². The van der Waals surface area contributed by atoms with Crippen LogP contribution in [0.4, 0.5) is 8.78 Å². The molecule has 0 amide bonds. The van der Waals surface area contributed by atoms with Crippen molar-refractivity contribution in [1.29, 1.82) is 0 Å². The number of rotatable bonds is 4. The molecule has 0 aliphatic rings. The van der Waals surface area contributed by atoms with Crippen molar-refractivity contribution in [3.05, 3.63) is 58.6 Å². The van der Waals surface area contributed by atoms with E-state index in [-0.39, 0.29) is 17.5 Å². The molecule has 20 heavy (non-hydrogen) atoms. The summed E-state index contributed by atoms with van der Waals surface area (Å²) in [7, 11) is 1.84. The van der Waals surface area contributed by atoms with E-state index in [1.165, 1.54) is 12.1 Å². The first kappa shape index (κ1) is 14.8. The van der Waals surface area contributed by atoms with E-state index in [1.807, 2.05) is 20.0 Å². The number of ether oxygens (including phenoxy) is 1. The highest BCUT2D eigenvalue weighted by molar-refractivity contribution is 6.32. The van der Waals surface area contributed by atoms with Crippen LogP contribution in [-0.2, 0) is 0 Å². The van der Waals surface area contributed by atoms with Crippen molar-refractivity contribution in [3.63, 3.8) is 0 Å². The van der Waals surface area contributed by atoms with Gasteiger partial charge in [0.1, 0.15) is 5.75 Å². The molecule has 106 valence electrons. The van der Waals surface area contributed by atoms with Gasteiger partial charge in [0.05, 0.1) is 5.02 Å². The second-order valence-electron chi connectivity index (χ2n) is 4.35. The first-order valence-electron chi connectivity index (χ1n) is 6.11. The lowest BCUT2D eigenvalue weighted by molar-refractivity contribution is 0.416. The summed E-state index contributed by atoms with van der Waals surface area (Å²) in [6, 6.07) is 9.07. The summed E-state index contributed by atoms with van der Waals surface area (Å²) in [6.07, 6.45) is 0. The van der Waals surface area contributed by atoms with Gasteiger partial charge in [0, 0.05) is 6.04 Å². The quantitative estimate of drug-likeness (QED) is 0.884. The summed E-state index contributed by atoms with van der Waals surface area (Å²) in [5.41, 5.74) is 0.976. The minimum absolute atomic E-state index is 0.132. The minimum Gasteiger partial charge on any atom is -0.453 e. The van der Waals surface area contributed by atoms with Crippen molar-refractivity contribution >= 4 is 11.6 Å². The lowest BCUT2D eigenvalue weighted by atomic mass is 10.1. The van der Waals surface area contributed by atoms with Crippen molar-refractivity contribution in [2.45, 2.75) is 13.0 Å². The van der Waals surface area contributed by atoms with Gasteiger partial charge < -0.3 is 10.1 Å².